The topological polar surface area (TPSA) is 109 Å². The molecule has 1 aliphatic rings. The molecule has 40 heavy (non-hydrogen) atoms. The number of aromatic nitrogens is 1. The highest BCUT2D eigenvalue weighted by Crippen LogP contribution is 2.37. The van der Waals surface area contributed by atoms with Crippen LogP contribution in [0, 0.1) is 0 Å². The number of thiazole rings is 1. The summed E-state index contributed by atoms with van der Waals surface area (Å²) >= 11 is 7.48. The van der Waals surface area contributed by atoms with Crippen molar-refractivity contribution in [1.82, 2.24) is 4.57 Å². The highest BCUT2D eigenvalue weighted by molar-refractivity contribution is 7.07. The molecule has 4 aromatic rings. The molecule has 0 N–H and O–H groups in total. The number of benzene rings is 2. The summed E-state index contributed by atoms with van der Waals surface area (Å²) in [4.78, 5) is 43.6. The van der Waals surface area contributed by atoms with Crippen LogP contribution in [0.3, 0.4) is 0 Å². The van der Waals surface area contributed by atoms with Gasteiger partial charge in [-0.25, -0.2) is 14.6 Å². The van der Waals surface area contributed by atoms with E-state index in [0.29, 0.717) is 54.0 Å². The van der Waals surface area contributed by atoms with Crippen LogP contribution in [0.2, 0.25) is 5.02 Å². The molecular weight excluding hydrogens is 556 g/mol. The summed E-state index contributed by atoms with van der Waals surface area (Å²) in [6.45, 7) is 1.69. The van der Waals surface area contributed by atoms with E-state index in [4.69, 9.17) is 30.2 Å². The van der Waals surface area contributed by atoms with Gasteiger partial charge in [0.15, 0.2) is 4.80 Å². The minimum Gasteiger partial charge on any atom is -0.496 e. The number of nitrogens with zero attached hydrogens (tertiary/aromatic N) is 2. The average molecular weight is 579 g/mol. The molecule has 5 rings (SSSR count). The van der Waals surface area contributed by atoms with Crippen molar-refractivity contribution in [2.75, 3.05) is 21.3 Å². The Bertz CT molecular complexity index is 1870. The standard InChI is InChI=1S/C29H23ClN2O7S/c1-15-24(28(35)38-4)25(20-13-18(30)8-10-22(20)36-2)32-26(33)23(40-29(32)31-15)14-19-9-11-21(39-19)16-6-5-7-17(12-16)27(34)37-3/h5-14,25H,1-4H3/b23-14-/t25-/m1/s1. The second-order valence-electron chi connectivity index (χ2n) is 8.73. The van der Waals surface area contributed by atoms with Gasteiger partial charge >= 0.3 is 11.9 Å². The maximum atomic E-state index is 13.8. The number of halogens is 1. The Labute approximate surface area is 237 Å². The van der Waals surface area contributed by atoms with Crippen LogP contribution < -0.4 is 19.6 Å². The molecule has 0 saturated carbocycles. The van der Waals surface area contributed by atoms with Crippen molar-refractivity contribution in [2.24, 2.45) is 4.99 Å². The van der Waals surface area contributed by atoms with Gasteiger partial charge in [-0.3, -0.25) is 9.36 Å². The van der Waals surface area contributed by atoms with Gasteiger partial charge in [-0.2, -0.15) is 0 Å². The van der Waals surface area contributed by atoms with Crippen molar-refractivity contribution in [3.05, 3.63) is 107 Å². The molecule has 1 aliphatic heterocycles. The number of allylic oxidation sites excluding steroid dienone is 1. The fraction of sp³-hybridized carbons (Fsp3) is 0.172. The van der Waals surface area contributed by atoms with Crippen molar-refractivity contribution in [2.45, 2.75) is 13.0 Å². The summed E-state index contributed by atoms with van der Waals surface area (Å²) in [6, 6.07) is 14.4. The molecule has 1 atom stereocenters. The van der Waals surface area contributed by atoms with E-state index >= 15 is 0 Å². The molecule has 11 heteroatoms. The van der Waals surface area contributed by atoms with Crippen LogP contribution >= 0.6 is 22.9 Å². The zero-order valence-corrected chi connectivity index (χ0v) is 23.5. The highest BCUT2D eigenvalue weighted by atomic mass is 35.5. The molecule has 3 heterocycles. The van der Waals surface area contributed by atoms with Crippen molar-refractivity contribution in [3.63, 3.8) is 0 Å². The number of hydrogen-bond acceptors (Lipinski definition) is 9. The zero-order valence-electron chi connectivity index (χ0n) is 21.9. The molecule has 0 bridgehead atoms. The number of methoxy groups -OCH3 is 3. The zero-order chi connectivity index (χ0) is 28.6. The van der Waals surface area contributed by atoms with Gasteiger partial charge in [-0.05, 0) is 49.4 Å². The molecule has 0 saturated heterocycles. The van der Waals surface area contributed by atoms with Gasteiger partial charge in [-0.1, -0.05) is 35.1 Å². The van der Waals surface area contributed by atoms with E-state index in [1.165, 1.54) is 25.9 Å². The first-order chi connectivity index (χ1) is 19.2. The van der Waals surface area contributed by atoms with Gasteiger partial charge in [0.2, 0.25) is 0 Å². The van der Waals surface area contributed by atoms with Gasteiger partial charge in [0, 0.05) is 22.2 Å². The summed E-state index contributed by atoms with van der Waals surface area (Å²) in [5, 5.41) is 0.413. The molecule has 0 amide bonds. The Morgan fingerprint density at radius 1 is 1.05 bits per heavy atom. The van der Waals surface area contributed by atoms with E-state index in [2.05, 4.69) is 4.99 Å². The molecule has 204 valence electrons. The van der Waals surface area contributed by atoms with Gasteiger partial charge in [0.1, 0.15) is 23.3 Å². The lowest BCUT2D eigenvalue weighted by molar-refractivity contribution is -0.136. The van der Waals surface area contributed by atoms with E-state index in [9.17, 15) is 14.4 Å². The third kappa shape index (κ3) is 4.87. The van der Waals surface area contributed by atoms with E-state index in [1.54, 1.807) is 67.6 Å². The predicted molar refractivity (Wildman–Crippen MR) is 149 cm³/mol. The van der Waals surface area contributed by atoms with E-state index in [1.807, 2.05) is 0 Å². The largest absolute Gasteiger partial charge is 0.496 e. The SMILES string of the molecule is COC(=O)C1=C(C)N=c2s/c(=C\c3ccc(-c4cccc(C(=O)OC)c4)o3)c(=O)n2[C@@H]1c1cc(Cl)ccc1OC. The number of hydrogen-bond donors (Lipinski definition) is 0. The van der Waals surface area contributed by atoms with Crippen LogP contribution in [-0.2, 0) is 14.3 Å². The Hall–Kier alpha value is -4.41. The minimum absolute atomic E-state index is 0.202. The summed E-state index contributed by atoms with van der Waals surface area (Å²) in [5.41, 5.74) is 1.82. The normalized spacial score (nSPS) is 14.9. The molecule has 0 aliphatic carbocycles. The summed E-state index contributed by atoms with van der Waals surface area (Å²) in [6.07, 6.45) is 1.61. The van der Waals surface area contributed by atoms with Crippen LogP contribution in [0.15, 0.2) is 80.1 Å². The van der Waals surface area contributed by atoms with Gasteiger partial charge in [0.05, 0.1) is 42.7 Å². The lowest BCUT2D eigenvalue weighted by Crippen LogP contribution is -2.40. The summed E-state index contributed by atoms with van der Waals surface area (Å²) in [5.74, 6) is 0.305. The number of carbonyl (C=O) groups is 2. The fourth-order valence-corrected chi connectivity index (χ4v) is 5.75. The van der Waals surface area contributed by atoms with Crippen LogP contribution in [0.25, 0.3) is 17.4 Å². The minimum atomic E-state index is -0.882. The Kier molecular flexibility index (Phi) is 7.46. The van der Waals surface area contributed by atoms with Crippen LogP contribution in [0.1, 0.15) is 34.6 Å². The molecule has 0 fully saturated rings. The quantitative estimate of drug-likeness (QED) is 0.317. The first-order valence-electron chi connectivity index (χ1n) is 12.0. The van der Waals surface area contributed by atoms with Crippen molar-refractivity contribution >= 4 is 41.0 Å². The number of furan rings is 1. The smallest absolute Gasteiger partial charge is 0.338 e. The molecule has 0 unspecified atom stereocenters. The number of carbonyl (C=O) groups excluding carboxylic acids is 2. The van der Waals surface area contributed by atoms with E-state index in [0.717, 1.165) is 11.3 Å². The van der Waals surface area contributed by atoms with Gasteiger partial charge < -0.3 is 18.6 Å². The lowest BCUT2D eigenvalue weighted by Gasteiger charge is -2.25. The molecular formula is C29H23ClN2O7S. The predicted octanol–water partition coefficient (Wildman–Crippen LogP) is 4.12. The number of esters is 2. The van der Waals surface area contributed by atoms with E-state index in [-0.39, 0.29) is 11.1 Å². The molecule has 0 spiro atoms. The second kappa shape index (κ2) is 11.0. The van der Waals surface area contributed by atoms with Crippen LogP contribution in [-0.4, -0.2) is 37.8 Å². The Morgan fingerprint density at radius 3 is 2.55 bits per heavy atom. The number of fused-ring (bicyclic) bond motifs is 1. The first kappa shape index (κ1) is 27.2. The van der Waals surface area contributed by atoms with Gasteiger partial charge in [0.25, 0.3) is 5.56 Å². The highest BCUT2D eigenvalue weighted by Gasteiger charge is 2.35. The maximum absolute atomic E-state index is 13.8. The summed E-state index contributed by atoms with van der Waals surface area (Å²) in [7, 11) is 4.09. The van der Waals surface area contributed by atoms with Crippen molar-refractivity contribution in [3.8, 4) is 17.1 Å². The van der Waals surface area contributed by atoms with Gasteiger partial charge in [-0.15, -0.1) is 0 Å². The third-order valence-corrected chi connectivity index (χ3v) is 7.60. The first-order valence-corrected chi connectivity index (χ1v) is 13.2. The molecule has 2 aromatic carbocycles. The molecule has 9 nitrogen and oxygen atoms in total. The second-order valence-corrected chi connectivity index (χ2v) is 10.2. The Morgan fingerprint density at radius 2 is 1.82 bits per heavy atom. The third-order valence-electron chi connectivity index (χ3n) is 6.38. The average Bonchev–Trinajstić information content (AvgIpc) is 3.55. The number of ether oxygens (including phenoxy) is 3. The maximum Gasteiger partial charge on any atom is 0.338 e. The summed E-state index contributed by atoms with van der Waals surface area (Å²) < 4.78 is 23.2. The van der Waals surface area contributed by atoms with Crippen LogP contribution in [0.5, 0.6) is 5.75 Å². The Balaban J connectivity index is 1.64. The van der Waals surface area contributed by atoms with E-state index < -0.39 is 18.0 Å². The number of rotatable bonds is 6. The van der Waals surface area contributed by atoms with Crippen molar-refractivity contribution < 1.29 is 28.2 Å². The lowest BCUT2D eigenvalue weighted by atomic mass is 9.95. The monoisotopic (exact) mass is 578 g/mol. The van der Waals surface area contributed by atoms with Crippen molar-refractivity contribution in [1.29, 1.82) is 0 Å². The molecule has 2 aromatic heterocycles. The van der Waals surface area contributed by atoms with Crippen LogP contribution in [0.4, 0.5) is 0 Å². The molecule has 0 radical (unpaired) electrons. The fourth-order valence-electron chi connectivity index (χ4n) is 4.54.